The maximum absolute atomic E-state index is 11.3. The topological polar surface area (TPSA) is 61.6 Å². The number of nitrogens with two attached hydrogens (primary N) is 1. The molecule has 5 heteroatoms. The molecule has 2 aromatic carbocycles. The van der Waals surface area contributed by atoms with Gasteiger partial charge in [-0.2, -0.15) is 0 Å². The fraction of sp³-hybridized carbons (Fsp3) is 0.536. The summed E-state index contributed by atoms with van der Waals surface area (Å²) in [6.07, 6.45) is 5.20. The van der Waals surface area contributed by atoms with Gasteiger partial charge in [0, 0.05) is 56.1 Å². The molecule has 1 spiro atoms. The van der Waals surface area contributed by atoms with E-state index in [9.17, 15) is 4.79 Å². The Bertz CT molecular complexity index is 970. The first-order chi connectivity index (χ1) is 16.0. The smallest absolute Gasteiger partial charge is 0.248 e. The highest BCUT2D eigenvalue weighted by Crippen LogP contribution is 2.53. The summed E-state index contributed by atoms with van der Waals surface area (Å²) in [4.78, 5) is 16.6. The monoisotopic (exact) mass is 446 g/mol. The molecular formula is C28H38N4O. The minimum Gasteiger partial charge on any atom is -0.371 e. The highest BCUT2D eigenvalue weighted by atomic mass is 16.1. The van der Waals surface area contributed by atoms with E-state index in [-0.39, 0.29) is 5.91 Å². The number of hydrogen-bond donors (Lipinski definition) is 2. The Morgan fingerprint density at radius 2 is 1.73 bits per heavy atom. The third-order valence-electron chi connectivity index (χ3n) is 8.41. The van der Waals surface area contributed by atoms with Crippen LogP contribution in [0.15, 0.2) is 48.5 Å². The lowest BCUT2D eigenvalue weighted by molar-refractivity contribution is -0.0432. The van der Waals surface area contributed by atoms with Crippen LogP contribution in [0.25, 0.3) is 0 Å². The van der Waals surface area contributed by atoms with Crippen LogP contribution in [-0.2, 0) is 0 Å². The lowest BCUT2D eigenvalue weighted by Gasteiger charge is -2.57. The second kappa shape index (κ2) is 9.11. The number of hydrogen-bond acceptors (Lipinski definition) is 4. The molecule has 2 saturated heterocycles. The molecule has 5 nitrogen and oxygen atoms in total. The summed E-state index contributed by atoms with van der Waals surface area (Å²) in [7, 11) is 0. The van der Waals surface area contributed by atoms with Gasteiger partial charge in [0.2, 0.25) is 5.91 Å². The average Bonchev–Trinajstić information content (AvgIpc) is 2.83. The van der Waals surface area contributed by atoms with Crippen molar-refractivity contribution in [2.75, 3.05) is 37.6 Å². The number of primary amides is 1. The summed E-state index contributed by atoms with van der Waals surface area (Å²) in [5.74, 6) is 0.195. The maximum atomic E-state index is 11.3. The Kier molecular flexibility index (Phi) is 6.19. The number of piperidine rings is 1. The lowest BCUT2D eigenvalue weighted by Crippen LogP contribution is -2.59. The fourth-order valence-corrected chi connectivity index (χ4v) is 6.44. The van der Waals surface area contributed by atoms with E-state index < -0.39 is 0 Å². The first-order valence-electron chi connectivity index (χ1n) is 12.7. The second-order valence-electron chi connectivity index (χ2n) is 10.7. The third kappa shape index (κ3) is 4.41. The Labute approximate surface area is 198 Å². The van der Waals surface area contributed by atoms with Crippen LogP contribution in [0.3, 0.4) is 0 Å². The molecule has 3 fully saturated rings. The van der Waals surface area contributed by atoms with Gasteiger partial charge in [-0.25, -0.2) is 0 Å². The van der Waals surface area contributed by atoms with E-state index in [0.717, 1.165) is 32.7 Å². The summed E-state index contributed by atoms with van der Waals surface area (Å²) >= 11 is 0. The summed E-state index contributed by atoms with van der Waals surface area (Å²) < 4.78 is 0. The molecule has 176 valence electrons. The Balaban J connectivity index is 1.22. The molecule has 1 saturated carbocycles. The van der Waals surface area contributed by atoms with Gasteiger partial charge in [-0.1, -0.05) is 38.1 Å². The molecule has 2 aromatic rings. The highest BCUT2D eigenvalue weighted by molar-refractivity contribution is 5.93. The summed E-state index contributed by atoms with van der Waals surface area (Å²) in [6, 6.07) is 18.1. The molecule has 1 aliphatic carbocycles. The molecule has 5 rings (SSSR count). The predicted molar refractivity (Wildman–Crippen MR) is 135 cm³/mol. The zero-order valence-electron chi connectivity index (χ0n) is 20.1. The van der Waals surface area contributed by atoms with Crippen molar-refractivity contribution in [3.8, 4) is 0 Å². The zero-order chi connectivity index (χ0) is 23.0. The first-order valence-corrected chi connectivity index (χ1v) is 12.7. The van der Waals surface area contributed by atoms with Crippen molar-refractivity contribution in [2.24, 2.45) is 11.1 Å². The number of nitrogens with zero attached hydrogens (tertiary/aromatic N) is 2. The normalized spacial score (nSPS) is 23.6. The first kappa shape index (κ1) is 22.4. The van der Waals surface area contributed by atoms with E-state index in [4.69, 9.17) is 5.73 Å². The van der Waals surface area contributed by atoms with Crippen LogP contribution < -0.4 is 16.0 Å². The Morgan fingerprint density at radius 3 is 2.39 bits per heavy atom. The predicted octanol–water partition coefficient (Wildman–Crippen LogP) is 4.30. The number of benzene rings is 2. The van der Waals surface area contributed by atoms with Crippen molar-refractivity contribution in [1.82, 2.24) is 10.2 Å². The molecule has 0 bridgehead atoms. The van der Waals surface area contributed by atoms with Crippen molar-refractivity contribution in [3.63, 3.8) is 0 Å². The lowest BCUT2D eigenvalue weighted by atomic mass is 9.59. The van der Waals surface area contributed by atoms with Crippen molar-refractivity contribution < 1.29 is 4.79 Å². The number of piperazine rings is 1. The SMILES string of the molecule is CC(C)c1ccccc1[C@@H]1CNCCN1C1CC2(CCN(c3ccc(C(N)=O)cc3)CC2)C1. The molecule has 2 aliphatic heterocycles. The van der Waals surface area contributed by atoms with Gasteiger partial charge in [0.15, 0.2) is 0 Å². The van der Waals surface area contributed by atoms with Gasteiger partial charge in [0.1, 0.15) is 0 Å². The maximum Gasteiger partial charge on any atom is 0.248 e. The number of carbonyl (C=O) groups excluding carboxylic acids is 1. The van der Waals surface area contributed by atoms with Crippen molar-refractivity contribution >= 4 is 11.6 Å². The van der Waals surface area contributed by atoms with Crippen molar-refractivity contribution in [1.29, 1.82) is 0 Å². The molecule has 0 aromatic heterocycles. The zero-order valence-corrected chi connectivity index (χ0v) is 20.1. The number of nitrogens with one attached hydrogen (secondary N) is 1. The van der Waals surface area contributed by atoms with Crippen LogP contribution in [-0.4, -0.2) is 49.6 Å². The highest BCUT2D eigenvalue weighted by Gasteiger charge is 2.49. The summed E-state index contributed by atoms with van der Waals surface area (Å²) in [5, 5.41) is 3.66. The molecule has 1 atom stereocenters. The molecular weight excluding hydrogens is 408 g/mol. The van der Waals surface area contributed by atoms with E-state index in [0.29, 0.717) is 29.0 Å². The Morgan fingerprint density at radius 1 is 1.03 bits per heavy atom. The largest absolute Gasteiger partial charge is 0.371 e. The van der Waals surface area contributed by atoms with Crippen LogP contribution in [0.1, 0.15) is 73.0 Å². The van der Waals surface area contributed by atoms with E-state index in [1.807, 2.05) is 24.3 Å². The van der Waals surface area contributed by atoms with Crippen molar-refractivity contribution in [3.05, 3.63) is 65.2 Å². The minimum absolute atomic E-state index is 0.359. The Hall–Kier alpha value is -2.37. The van der Waals surface area contributed by atoms with E-state index in [1.54, 1.807) is 0 Å². The molecule has 0 radical (unpaired) electrons. The minimum atomic E-state index is -0.359. The van der Waals surface area contributed by atoms with Gasteiger partial charge in [0.25, 0.3) is 0 Å². The van der Waals surface area contributed by atoms with Gasteiger partial charge < -0.3 is 16.0 Å². The van der Waals surface area contributed by atoms with Crippen LogP contribution in [0.2, 0.25) is 0 Å². The molecule has 1 amide bonds. The number of anilines is 1. The van der Waals surface area contributed by atoms with E-state index in [1.165, 1.54) is 42.5 Å². The molecule has 0 unspecified atom stereocenters. The molecule has 3 N–H and O–H groups in total. The fourth-order valence-electron chi connectivity index (χ4n) is 6.44. The van der Waals surface area contributed by atoms with Crippen LogP contribution in [0.4, 0.5) is 5.69 Å². The van der Waals surface area contributed by atoms with Crippen LogP contribution in [0, 0.1) is 5.41 Å². The van der Waals surface area contributed by atoms with Crippen LogP contribution in [0.5, 0.6) is 0 Å². The van der Waals surface area contributed by atoms with Crippen molar-refractivity contribution in [2.45, 2.75) is 57.5 Å². The van der Waals surface area contributed by atoms with Gasteiger partial charge >= 0.3 is 0 Å². The number of rotatable bonds is 5. The van der Waals surface area contributed by atoms with E-state index >= 15 is 0 Å². The third-order valence-corrected chi connectivity index (χ3v) is 8.41. The van der Waals surface area contributed by atoms with Crippen LogP contribution >= 0.6 is 0 Å². The molecule has 33 heavy (non-hydrogen) atoms. The average molecular weight is 447 g/mol. The van der Waals surface area contributed by atoms with E-state index in [2.05, 4.69) is 53.2 Å². The number of carbonyl (C=O) groups is 1. The second-order valence-corrected chi connectivity index (χ2v) is 10.7. The standard InChI is InChI=1S/C28H38N4O/c1-20(2)24-5-3-4-6-25(24)26-19-30-13-16-32(26)23-17-28(18-23)11-14-31(15-12-28)22-9-7-21(8-10-22)27(29)33/h3-10,20,23,26,30H,11-19H2,1-2H3,(H2,29,33)/t26-/m0/s1. The quantitative estimate of drug-likeness (QED) is 0.719. The number of amides is 1. The summed E-state index contributed by atoms with van der Waals surface area (Å²) in [5.41, 5.74) is 10.7. The van der Waals surface area contributed by atoms with Gasteiger partial charge in [-0.3, -0.25) is 9.69 Å². The van der Waals surface area contributed by atoms with Gasteiger partial charge in [-0.15, -0.1) is 0 Å². The van der Waals surface area contributed by atoms with Gasteiger partial charge in [0.05, 0.1) is 0 Å². The van der Waals surface area contributed by atoms with Gasteiger partial charge in [-0.05, 0) is 72.4 Å². The summed E-state index contributed by atoms with van der Waals surface area (Å²) in [6.45, 7) is 10.1. The molecule has 2 heterocycles. The molecule has 3 aliphatic rings.